The molecule has 1 aromatic heterocycles. The van der Waals surface area contributed by atoms with E-state index in [2.05, 4.69) is 182 Å². The second-order valence-electron chi connectivity index (χ2n) is 15.2. The van der Waals surface area contributed by atoms with Crippen LogP contribution in [-0.4, -0.2) is 9.97 Å². The van der Waals surface area contributed by atoms with Crippen molar-refractivity contribution < 1.29 is 0 Å². The van der Waals surface area contributed by atoms with Gasteiger partial charge in [-0.05, 0) is 101 Å². The first-order chi connectivity index (χ1) is 28.3. The van der Waals surface area contributed by atoms with Gasteiger partial charge in [0.15, 0.2) is 5.82 Å². The number of benzene rings is 9. The van der Waals surface area contributed by atoms with Crippen molar-refractivity contribution in [3.8, 4) is 67.3 Å². The van der Waals surface area contributed by atoms with Crippen molar-refractivity contribution in [3.63, 3.8) is 0 Å². The maximum absolute atomic E-state index is 5.12. The Morgan fingerprint density at radius 2 is 0.807 bits per heavy atom. The van der Waals surface area contributed by atoms with Crippen molar-refractivity contribution in [2.24, 2.45) is 0 Å². The van der Waals surface area contributed by atoms with Gasteiger partial charge in [-0.25, -0.2) is 9.97 Å². The Labute approximate surface area is 331 Å². The second-order valence-corrected chi connectivity index (χ2v) is 15.2. The molecule has 1 spiro atoms. The molecule has 2 aliphatic rings. The van der Waals surface area contributed by atoms with E-state index >= 15 is 0 Å². The van der Waals surface area contributed by atoms with Crippen LogP contribution in [0.2, 0.25) is 0 Å². The van der Waals surface area contributed by atoms with Crippen molar-refractivity contribution in [1.82, 2.24) is 9.97 Å². The number of nitrogens with zero attached hydrogens (tertiary/aromatic N) is 2. The smallest absolute Gasteiger partial charge is 0.160 e. The minimum Gasteiger partial charge on any atom is -0.228 e. The number of rotatable bonds is 4. The third-order valence-corrected chi connectivity index (χ3v) is 12.3. The third-order valence-electron chi connectivity index (χ3n) is 12.3. The van der Waals surface area contributed by atoms with Crippen LogP contribution in [0, 0.1) is 0 Å². The van der Waals surface area contributed by atoms with Crippen molar-refractivity contribution in [2.45, 2.75) is 5.41 Å². The van der Waals surface area contributed by atoms with Gasteiger partial charge in [-0.2, -0.15) is 0 Å². The summed E-state index contributed by atoms with van der Waals surface area (Å²) >= 11 is 0. The van der Waals surface area contributed by atoms with Crippen LogP contribution in [0.4, 0.5) is 0 Å². The van der Waals surface area contributed by atoms with Crippen molar-refractivity contribution in [1.29, 1.82) is 0 Å². The van der Waals surface area contributed by atoms with E-state index in [4.69, 9.17) is 9.97 Å². The zero-order chi connectivity index (χ0) is 37.5. The molecule has 12 rings (SSSR count). The summed E-state index contributed by atoms with van der Waals surface area (Å²) in [5, 5.41) is 5.05. The number of aromatic nitrogens is 2. The number of hydrogen-bond donors (Lipinski definition) is 0. The Morgan fingerprint density at radius 1 is 0.298 bits per heavy atom. The van der Waals surface area contributed by atoms with Crippen LogP contribution in [0.3, 0.4) is 0 Å². The van der Waals surface area contributed by atoms with Gasteiger partial charge in [-0.3, -0.25) is 0 Å². The second kappa shape index (κ2) is 12.3. The SMILES string of the molecule is c1ccc(-c2cc(-c3ccc(-c4cc5c(c6ccccc46)-c4cc6ccccc6cc4C54c5ccccc5-c5ccccc54)cc3)nc(-c3ccccc3)n2)cc1. The molecule has 0 N–H and O–H groups in total. The Kier molecular flexibility index (Phi) is 6.88. The first kappa shape index (κ1) is 31.9. The first-order valence-corrected chi connectivity index (χ1v) is 19.7. The first-order valence-electron chi connectivity index (χ1n) is 19.7. The van der Waals surface area contributed by atoms with Gasteiger partial charge in [0.2, 0.25) is 0 Å². The Morgan fingerprint density at radius 3 is 1.47 bits per heavy atom. The van der Waals surface area contributed by atoms with Crippen molar-refractivity contribution in [2.75, 3.05) is 0 Å². The van der Waals surface area contributed by atoms with Gasteiger partial charge in [-0.1, -0.05) is 182 Å². The summed E-state index contributed by atoms with van der Waals surface area (Å²) in [7, 11) is 0. The molecule has 0 aliphatic heterocycles. The van der Waals surface area contributed by atoms with Gasteiger partial charge in [0, 0.05) is 16.7 Å². The molecule has 1 heterocycles. The predicted octanol–water partition coefficient (Wildman–Crippen LogP) is 13.8. The monoisotopic (exact) mass is 722 g/mol. The molecule has 0 saturated carbocycles. The molecule has 57 heavy (non-hydrogen) atoms. The highest BCUT2D eigenvalue weighted by Gasteiger charge is 2.52. The molecule has 0 bridgehead atoms. The Bertz CT molecular complexity index is 3110. The summed E-state index contributed by atoms with van der Waals surface area (Å²) < 4.78 is 0. The molecule has 9 aromatic carbocycles. The Balaban J connectivity index is 1.09. The number of hydrogen-bond acceptors (Lipinski definition) is 2. The molecular weight excluding hydrogens is 689 g/mol. The summed E-state index contributed by atoms with van der Waals surface area (Å²) in [6, 6.07) is 75.1. The normalized spacial score (nSPS) is 13.1. The van der Waals surface area contributed by atoms with E-state index in [9.17, 15) is 0 Å². The molecule has 2 aliphatic carbocycles. The van der Waals surface area contributed by atoms with Crippen LogP contribution in [0.5, 0.6) is 0 Å². The van der Waals surface area contributed by atoms with Gasteiger partial charge in [0.1, 0.15) is 0 Å². The summed E-state index contributed by atoms with van der Waals surface area (Å²) in [6.07, 6.45) is 0. The highest BCUT2D eigenvalue weighted by atomic mass is 14.9. The fourth-order valence-corrected chi connectivity index (χ4v) is 9.81. The summed E-state index contributed by atoms with van der Waals surface area (Å²) in [5.74, 6) is 0.718. The van der Waals surface area contributed by atoms with E-state index in [0.717, 1.165) is 33.9 Å². The van der Waals surface area contributed by atoms with Crippen LogP contribution >= 0.6 is 0 Å². The lowest BCUT2D eigenvalue weighted by atomic mass is 9.69. The van der Waals surface area contributed by atoms with Gasteiger partial charge >= 0.3 is 0 Å². The lowest BCUT2D eigenvalue weighted by Crippen LogP contribution is -2.26. The van der Waals surface area contributed by atoms with E-state index in [-0.39, 0.29) is 0 Å². The maximum atomic E-state index is 5.12. The molecular formula is C55H34N2. The summed E-state index contributed by atoms with van der Waals surface area (Å²) in [5.41, 5.74) is 17.6. The van der Waals surface area contributed by atoms with E-state index in [1.54, 1.807) is 0 Å². The zero-order valence-electron chi connectivity index (χ0n) is 31.0. The van der Waals surface area contributed by atoms with E-state index in [1.807, 2.05) is 24.3 Å². The van der Waals surface area contributed by atoms with Gasteiger partial charge in [0.25, 0.3) is 0 Å². The molecule has 0 saturated heterocycles. The predicted molar refractivity (Wildman–Crippen MR) is 235 cm³/mol. The van der Waals surface area contributed by atoms with E-state index in [1.165, 1.54) is 77.2 Å². The van der Waals surface area contributed by atoms with Crippen LogP contribution in [-0.2, 0) is 5.41 Å². The molecule has 0 atom stereocenters. The summed E-state index contributed by atoms with van der Waals surface area (Å²) in [6.45, 7) is 0. The van der Waals surface area contributed by atoms with Crippen LogP contribution in [0.15, 0.2) is 206 Å². The third kappa shape index (κ3) is 4.65. The Hall–Kier alpha value is -7.42. The summed E-state index contributed by atoms with van der Waals surface area (Å²) in [4.78, 5) is 10.1. The van der Waals surface area contributed by atoms with Gasteiger partial charge < -0.3 is 0 Å². The molecule has 0 radical (unpaired) electrons. The number of fused-ring (bicyclic) bond motifs is 13. The quantitative estimate of drug-likeness (QED) is 0.181. The average molecular weight is 723 g/mol. The van der Waals surface area contributed by atoms with E-state index in [0.29, 0.717) is 0 Å². The molecule has 264 valence electrons. The van der Waals surface area contributed by atoms with Crippen LogP contribution in [0.25, 0.3) is 88.8 Å². The van der Waals surface area contributed by atoms with Crippen LogP contribution < -0.4 is 0 Å². The van der Waals surface area contributed by atoms with E-state index < -0.39 is 5.41 Å². The minimum absolute atomic E-state index is 0.455. The molecule has 2 heteroatoms. The molecule has 2 nitrogen and oxygen atoms in total. The zero-order valence-corrected chi connectivity index (χ0v) is 31.0. The van der Waals surface area contributed by atoms with Crippen molar-refractivity contribution >= 4 is 21.5 Å². The lowest BCUT2D eigenvalue weighted by Gasteiger charge is -2.31. The largest absolute Gasteiger partial charge is 0.228 e. The fourth-order valence-electron chi connectivity index (χ4n) is 9.81. The standard InChI is InChI=1S/C55H34N2/c1-3-15-36(16-4-1)51-34-52(57-54(56-51)38-17-5-2-6-18-38)37-29-27-35(28-30-37)45-33-50-53(44-24-10-9-21-41(44)45)46-31-39-19-7-8-20-40(39)32-49(46)55(50)47-25-13-11-22-42(47)43-23-12-14-26-48(43)55/h1-34H. The van der Waals surface area contributed by atoms with Crippen molar-refractivity contribution in [3.05, 3.63) is 229 Å². The molecule has 0 amide bonds. The minimum atomic E-state index is -0.455. The molecule has 10 aromatic rings. The van der Waals surface area contributed by atoms with Gasteiger partial charge in [-0.15, -0.1) is 0 Å². The average Bonchev–Trinajstić information content (AvgIpc) is 3.75. The topological polar surface area (TPSA) is 25.8 Å². The lowest BCUT2D eigenvalue weighted by molar-refractivity contribution is 0.796. The van der Waals surface area contributed by atoms with Gasteiger partial charge in [0.05, 0.1) is 16.8 Å². The highest BCUT2D eigenvalue weighted by molar-refractivity contribution is 6.12. The van der Waals surface area contributed by atoms with Crippen LogP contribution in [0.1, 0.15) is 22.3 Å². The molecule has 0 fully saturated rings. The maximum Gasteiger partial charge on any atom is 0.160 e. The fraction of sp³-hybridized carbons (Fsp3) is 0.0182. The molecule has 0 unspecified atom stereocenters. The highest BCUT2D eigenvalue weighted by Crippen LogP contribution is 2.64.